The summed E-state index contributed by atoms with van der Waals surface area (Å²) >= 11 is 1.28. The third-order valence-electron chi connectivity index (χ3n) is 1.33. The molecular weight excluding hydrogens is 208 g/mol. The highest BCUT2D eigenvalue weighted by molar-refractivity contribution is 7.99. The summed E-state index contributed by atoms with van der Waals surface area (Å²) in [5, 5.41) is 19.8. The number of ether oxygens (including phenoxy) is 1. The monoisotopic (exact) mass is 218 g/mol. The van der Waals surface area contributed by atoms with Crippen molar-refractivity contribution >= 4 is 17.7 Å². The molecule has 1 N–H and O–H groups in total. The van der Waals surface area contributed by atoms with Crippen molar-refractivity contribution in [1.29, 1.82) is 0 Å². The Balaban J connectivity index is 2.57. The Morgan fingerprint density at radius 2 is 2.50 bits per heavy atom. The molecule has 1 rings (SSSR count). The Hall–Kier alpha value is -1.15. The fraction of sp³-hybridized carbons (Fsp3) is 0.667. The predicted molar refractivity (Wildman–Crippen MR) is 47.6 cm³/mol. The highest BCUT2D eigenvalue weighted by Crippen LogP contribution is 2.12. The number of hydrogen-bond donors (Lipinski definition) is 1. The summed E-state index contributed by atoms with van der Waals surface area (Å²) < 4.78 is 5.79. The molecule has 0 aliphatic heterocycles. The minimum absolute atomic E-state index is 0.0166. The van der Waals surface area contributed by atoms with Crippen LogP contribution in [0, 0.1) is 0 Å². The molecule has 0 spiro atoms. The van der Waals surface area contributed by atoms with Crippen molar-refractivity contribution in [3.05, 3.63) is 0 Å². The predicted octanol–water partition coefficient (Wildman–Crippen LogP) is -1.07. The van der Waals surface area contributed by atoms with Crippen molar-refractivity contribution in [1.82, 2.24) is 20.2 Å². The molecule has 78 valence electrons. The molecule has 0 fully saturated rings. The molecule has 0 aromatic carbocycles. The van der Waals surface area contributed by atoms with E-state index in [1.165, 1.54) is 23.6 Å². The number of esters is 1. The van der Waals surface area contributed by atoms with Crippen LogP contribution in [0.25, 0.3) is 0 Å². The molecule has 0 bridgehead atoms. The van der Waals surface area contributed by atoms with Crippen molar-refractivity contribution in [2.75, 3.05) is 19.5 Å². The maximum absolute atomic E-state index is 10.9. The highest BCUT2D eigenvalue weighted by Gasteiger charge is 2.10. The molecule has 0 atom stereocenters. The zero-order valence-corrected chi connectivity index (χ0v) is 8.40. The number of hydrogen-bond acceptors (Lipinski definition) is 7. The lowest BCUT2D eigenvalue weighted by Crippen LogP contribution is -2.14. The largest absolute Gasteiger partial charge is 0.468 e. The second kappa shape index (κ2) is 5.55. The molecule has 14 heavy (non-hydrogen) atoms. The van der Waals surface area contributed by atoms with Crippen LogP contribution in [0.2, 0.25) is 0 Å². The van der Waals surface area contributed by atoms with Crippen LogP contribution in [0.15, 0.2) is 5.16 Å². The van der Waals surface area contributed by atoms with Crippen LogP contribution >= 0.6 is 11.8 Å². The lowest BCUT2D eigenvalue weighted by atomic mass is 10.7. The zero-order chi connectivity index (χ0) is 10.4. The first-order chi connectivity index (χ1) is 6.77. The van der Waals surface area contributed by atoms with Gasteiger partial charge in [-0.05, 0) is 10.4 Å². The molecule has 8 heteroatoms. The van der Waals surface area contributed by atoms with Crippen LogP contribution in [0.3, 0.4) is 0 Å². The van der Waals surface area contributed by atoms with E-state index in [0.29, 0.717) is 10.9 Å². The molecule has 1 aromatic rings. The Morgan fingerprint density at radius 3 is 3.14 bits per heavy atom. The summed E-state index contributed by atoms with van der Waals surface area (Å²) in [5.41, 5.74) is 0. The number of nitrogens with zero attached hydrogens (tertiary/aromatic N) is 4. The number of carbonyl (C=O) groups is 1. The van der Waals surface area contributed by atoms with E-state index in [9.17, 15) is 4.79 Å². The number of carbonyl (C=O) groups excluding carboxylic acids is 1. The molecule has 0 aliphatic rings. The minimum atomic E-state index is -0.414. The van der Waals surface area contributed by atoms with Gasteiger partial charge in [-0.3, -0.25) is 4.79 Å². The molecule has 0 aliphatic carbocycles. The van der Waals surface area contributed by atoms with Gasteiger partial charge in [-0.15, -0.1) is 5.10 Å². The van der Waals surface area contributed by atoms with Gasteiger partial charge in [0.1, 0.15) is 6.54 Å². The van der Waals surface area contributed by atoms with E-state index in [0.717, 1.165) is 0 Å². The van der Waals surface area contributed by atoms with E-state index in [1.54, 1.807) is 0 Å². The van der Waals surface area contributed by atoms with Crippen LogP contribution in [-0.4, -0.2) is 50.8 Å². The Kier molecular flexibility index (Phi) is 4.33. The summed E-state index contributed by atoms with van der Waals surface area (Å²) in [5.74, 6) is 0.0739. The third-order valence-corrected chi connectivity index (χ3v) is 2.27. The summed E-state index contributed by atoms with van der Waals surface area (Å²) in [4.78, 5) is 10.9. The lowest BCUT2D eigenvalue weighted by Gasteiger charge is -2.01. The number of thioether (sulfide) groups is 1. The second-order valence-electron chi connectivity index (χ2n) is 2.27. The Morgan fingerprint density at radius 1 is 1.71 bits per heavy atom. The van der Waals surface area contributed by atoms with Gasteiger partial charge >= 0.3 is 5.97 Å². The van der Waals surface area contributed by atoms with Gasteiger partial charge in [0, 0.05) is 5.75 Å². The lowest BCUT2D eigenvalue weighted by molar-refractivity contribution is -0.141. The van der Waals surface area contributed by atoms with Gasteiger partial charge in [-0.2, -0.15) is 0 Å². The normalized spacial score (nSPS) is 10.1. The van der Waals surface area contributed by atoms with Gasteiger partial charge in [-0.25, -0.2) is 4.68 Å². The smallest absolute Gasteiger partial charge is 0.327 e. The molecule has 7 nitrogen and oxygen atoms in total. The number of aromatic nitrogens is 4. The number of aliphatic hydroxyl groups excluding tert-OH is 1. The zero-order valence-electron chi connectivity index (χ0n) is 7.58. The first-order valence-electron chi connectivity index (χ1n) is 3.84. The van der Waals surface area contributed by atoms with Crippen LogP contribution in [0.4, 0.5) is 0 Å². The summed E-state index contributed by atoms with van der Waals surface area (Å²) in [7, 11) is 1.30. The first-order valence-corrected chi connectivity index (χ1v) is 4.83. The van der Waals surface area contributed by atoms with Gasteiger partial charge < -0.3 is 9.84 Å². The van der Waals surface area contributed by atoms with Crippen molar-refractivity contribution in [2.45, 2.75) is 11.7 Å². The van der Waals surface area contributed by atoms with E-state index in [-0.39, 0.29) is 13.2 Å². The second-order valence-corrected chi connectivity index (χ2v) is 3.33. The van der Waals surface area contributed by atoms with Crippen LogP contribution in [-0.2, 0) is 16.1 Å². The van der Waals surface area contributed by atoms with Crippen LogP contribution in [0.1, 0.15) is 0 Å². The maximum atomic E-state index is 10.9. The van der Waals surface area contributed by atoms with Crippen LogP contribution < -0.4 is 0 Å². The van der Waals surface area contributed by atoms with Crippen molar-refractivity contribution in [3.63, 3.8) is 0 Å². The Bertz CT molecular complexity index is 303. The molecule has 0 amide bonds. The number of aliphatic hydroxyl groups is 1. The maximum Gasteiger partial charge on any atom is 0.327 e. The fourth-order valence-electron chi connectivity index (χ4n) is 0.723. The first kappa shape index (κ1) is 10.9. The molecule has 1 heterocycles. The fourth-order valence-corrected chi connectivity index (χ4v) is 1.34. The number of methoxy groups -OCH3 is 1. The number of rotatable bonds is 5. The van der Waals surface area contributed by atoms with Crippen LogP contribution in [0.5, 0.6) is 0 Å². The standard InChI is InChI=1S/C6H10N4O3S/c1-13-5(12)4-10-6(7-8-9-10)14-3-2-11/h11H,2-4H2,1H3. The topological polar surface area (TPSA) is 90.1 Å². The van der Waals surface area contributed by atoms with Gasteiger partial charge in [0.15, 0.2) is 0 Å². The molecule has 0 saturated heterocycles. The Labute approximate surface area is 84.4 Å². The average Bonchev–Trinajstić information content (AvgIpc) is 2.62. The van der Waals surface area contributed by atoms with E-state index < -0.39 is 5.97 Å². The van der Waals surface area contributed by atoms with E-state index in [2.05, 4.69) is 20.3 Å². The molecule has 1 aromatic heterocycles. The molecule has 0 radical (unpaired) electrons. The van der Waals surface area contributed by atoms with Gasteiger partial charge in [0.05, 0.1) is 13.7 Å². The van der Waals surface area contributed by atoms with E-state index in [1.807, 2.05) is 0 Å². The van der Waals surface area contributed by atoms with E-state index >= 15 is 0 Å². The SMILES string of the molecule is COC(=O)Cn1nnnc1SCCO. The summed E-state index contributed by atoms with van der Waals surface area (Å²) in [6.45, 7) is 0.0208. The third kappa shape index (κ3) is 2.96. The van der Waals surface area contributed by atoms with Crippen molar-refractivity contribution in [3.8, 4) is 0 Å². The summed E-state index contributed by atoms with van der Waals surface area (Å²) in [6, 6.07) is 0. The van der Waals surface area contributed by atoms with Gasteiger partial charge in [0.2, 0.25) is 5.16 Å². The summed E-state index contributed by atoms with van der Waals surface area (Å²) in [6.07, 6.45) is 0. The highest BCUT2D eigenvalue weighted by atomic mass is 32.2. The quantitative estimate of drug-likeness (QED) is 0.497. The number of tetrazole rings is 1. The van der Waals surface area contributed by atoms with Gasteiger partial charge in [0.25, 0.3) is 0 Å². The average molecular weight is 218 g/mol. The van der Waals surface area contributed by atoms with Crippen molar-refractivity contribution < 1.29 is 14.6 Å². The van der Waals surface area contributed by atoms with Gasteiger partial charge in [-0.1, -0.05) is 11.8 Å². The van der Waals surface area contributed by atoms with E-state index in [4.69, 9.17) is 5.11 Å². The molecule has 0 saturated carbocycles. The molecule has 0 unspecified atom stereocenters. The molecular formula is C6H10N4O3S. The van der Waals surface area contributed by atoms with Crippen molar-refractivity contribution in [2.24, 2.45) is 0 Å². The minimum Gasteiger partial charge on any atom is -0.468 e.